The first-order valence-electron chi connectivity index (χ1n) is 6.77. The fourth-order valence-electron chi connectivity index (χ4n) is 2.29. The van der Waals surface area contributed by atoms with Crippen LogP contribution in [0, 0.1) is 0 Å². The zero-order chi connectivity index (χ0) is 15.5. The third kappa shape index (κ3) is 3.09. The summed E-state index contributed by atoms with van der Waals surface area (Å²) in [6, 6.07) is 16.1. The summed E-state index contributed by atoms with van der Waals surface area (Å²) >= 11 is 3.35. The van der Waals surface area contributed by atoms with Crippen LogP contribution in [0.25, 0.3) is 10.9 Å². The number of pyridine rings is 1. The van der Waals surface area contributed by atoms with E-state index in [9.17, 15) is 9.59 Å². The minimum Gasteiger partial charge on any atom is -0.338 e. The fourth-order valence-corrected chi connectivity index (χ4v) is 2.55. The normalized spacial score (nSPS) is 10.6. The molecule has 1 heterocycles. The van der Waals surface area contributed by atoms with E-state index in [2.05, 4.69) is 21.2 Å². The van der Waals surface area contributed by atoms with Gasteiger partial charge >= 0.3 is 0 Å². The van der Waals surface area contributed by atoms with Crippen molar-refractivity contribution in [3.8, 4) is 0 Å². The van der Waals surface area contributed by atoms with Crippen molar-refractivity contribution >= 4 is 38.4 Å². The lowest BCUT2D eigenvalue weighted by atomic mass is 10.2. The van der Waals surface area contributed by atoms with Gasteiger partial charge in [0.2, 0.25) is 5.91 Å². The molecule has 0 atom stereocenters. The zero-order valence-corrected chi connectivity index (χ0v) is 13.2. The molecule has 0 saturated carbocycles. The molecule has 0 bridgehead atoms. The van der Waals surface area contributed by atoms with Crippen molar-refractivity contribution in [1.82, 2.24) is 4.57 Å². The number of fused-ring (bicyclic) bond motifs is 1. The molecule has 0 radical (unpaired) electrons. The van der Waals surface area contributed by atoms with Crippen LogP contribution < -0.4 is 10.7 Å². The summed E-state index contributed by atoms with van der Waals surface area (Å²) in [5, 5.41) is 3.45. The Bertz CT molecular complexity index is 885. The number of benzene rings is 2. The van der Waals surface area contributed by atoms with E-state index in [-0.39, 0.29) is 17.9 Å². The minimum absolute atomic E-state index is 0.0415. The van der Waals surface area contributed by atoms with Gasteiger partial charge in [-0.2, -0.15) is 0 Å². The number of nitrogens with one attached hydrogen (secondary N) is 1. The summed E-state index contributed by atoms with van der Waals surface area (Å²) in [7, 11) is 0. The van der Waals surface area contributed by atoms with Crippen molar-refractivity contribution in [3.05, 3.63) is 75.5 Å². The Morgan fingerprint density at radius 2 is 1.77 bits per heavy atom. The minimum atomic E-state index is -0.142. The van der Waals surface area contributed by atoms with Crippen LogP contribution in [-0.4, -0.2) is 10.5 Å². The highest BCUT2D eigenvalue weighted by molar-refractivity contribution is 9.10. The number of aromatic nitrogens is 1. The highest BCUT2D eigenvalue weighted by Gasteiger charge is 2.07. The smallest absolute Gasteiger partial charge is 0.244 e. The van der Waals surface area contributed by atoms with Crippen LogP contribution in [0.3, 0.4) is 0 Å². The average molecular weight is 357 g/mol. The Morgan fingerprint density at radius 1 is 1.05 bits per heavy atom. The van der Waals surface area contributed by atoms with Crippen molar-refractivity contribution in [2.24, 2.45) is 0 Å². The van der Waals surface area contributed by atoms with Gasteiger partial charge in [0.15, 0.2) is 5.43 Å². The Morgan fingerprint density at radius 3 is 2.55 bits per heavy atom. The lowest BCUT2D eigenvalue weighted by molar-refractivity contribution is -0.116. The van der Waals surface area contributed by atoms with Gasteiger partial charge in [-0.15, -0.1) is 0 Å². The molecule has 1 aromatic heterocycles. The SMILES string of the molecule is O=C(Cn1ccc(=O)c2ccccc21)Nc1ccc(Br)cc1. The predicted molar refractivity (Wildman–Crippen MR) is 91.0 cm³/mol. The number of para-hydroxylation sites is 1. The number of nitrogens with zero attached hydrogens (tertiary/aromatic N) is 1. The number of carbonyl (C=O) groups is 1. The molecule has 1 N–H and O–H groups in total. The lowest BCUT2D eigenvalue weighted by Gasteiger charge is -2.11. The maximum absolute atomic E-state index is 12.2. The molecule has 3 rings (SSSR count). The summed E-state index contributed by atoms with van der Waals surface area (Å²) in [4.78, 5) is 24.0. The number of hydrogen-bond donors (Lipinski definition) is 1. The predicted octanol–water partition coefficient (Wildman–Crippen LogP) is 3.40. The maximum Gasteiger partial charge on any atom is 0.244 e. The van der Waals surface area contributed by atoms with E-state index in [0.29, 0.717) is 5.39 Å². The second-order valence-electron chi connectivity index (χ2n) is 4.88. The second-order valence-corrected chi connectivity index (χ2v) is 5.80. The Balaban J connectivity index is 1.84. The largest absolute Gasteiger partial charge is 0.338 e. The van der Waals surface area contributed by atoms with Crippen LogP contribution in [0.5, 0.6) is 0 Å². The molecule has 0 aliphatic rings. The van der Waals surface area contributed by atoms with Crippen LogP contribution in [0.15, 0.2) is 70.1 Å². The van der Waals surface area contributed by atoms with Crippen molar-refractivity contribution in [1.29, 1.82) is 0 Å². The third-order valence-corrected chi connectivity index (χ3v) is 3.86. The molecule has 110 valence electrons. The first-order chi connectivity index (χ1) is 10.6. The zero-order valence-electron chi connectivity index (χ0n) is 11.6. The average Bonchev–Trinajstić information content (AvgIpc) is 2.53. The highest BCUT2D eigenvalue weighted by atomic mass is 79.9. The monoisotopic (exact) mass is 356 g/mol. The van der Waals surface area contributed by atoms with Gasteiger partial charge in [-0.3, -0.25) is 9.59 Å². The number of rotatable bonds is 3. The molecule has 0 aliphatic carbocycles. The van der Waals surface area contributed by atoms with Crippen molar-refractivity contribution in [2.75, 3.05) is 5.32 Å². The van der Waals surface area contributed by atoms with Gasteiger partial charge in [0.1, 0.15) is 6.54 Å². The van der Waals surface area contributed by atoms with Crippen molar-refractivity contribution in [2.45, 2.75) is 6.54 Å². The van der Waals surface area contributed by atoms with E-state index in [0.717, 1.165) is 15.7 Å². The van der Waals surface area contributed by atoms with E-state index < -0.39 is 0 Å². The summed E-state index contributed by atoms with van der Waals surface area (Å²) in [6.45, 7) is 0.150. The summed E-state index contributed by atoms with van der Waals surface area (Å²) in [6.07, 6.45) is 1.64. The molecule has 22 heavy (non-hydrogen) atoms. The number of amides is 1. The molecule has 0 unspecified atom stereocenters. The number of anilines is 1. The molecule has 0 aliphatic heterocycles. The summed E-state index contributed by atoms with van der Waals surface area (Å²) in [5.74, 6) is -0.142. The van der Waals surface area contributed by atoms with Crippen LogP contribution in [0.4, 0.5) is 5.69 Å². The second kappa shape index (κ2) is 6.15. The van der Waals surface area contributed by atoms with Crippen molar-refractivity contribution < 1.29 is 4.79 Å². The van der Waals surface area contributed by atoms with Crippen LogP contribution in [0.2, 0.25) is 0 Å². The molecule has 3 aromatic rings. The van der Waals surface area contributed by atoms with Gasteiger partial charge in [-0.1, -0.05) is 28.1 Å². The van der Waals surface area contributed by atoms with Gasteiger partial charge in [-0.05, 0) is 36.4 Å². The molecule has 0 fully saturated rings. The number of hydrogen-bond acceptors (Lipinski definition) is 2. The summed E-state index contributed by atoms with van der Waals surface area (Å²) in [5.41, 5.74) is 1.44. The molecule has 0 saturated heterocycles. The van der Waals surface area contributed by atoms with E-state index >= 15 is 0 Å². The molecule has 0 spiro atoms. The Hall–Kier alpha value is -2.40. The Labute approximate surface area is 135 Å². The molecular formula is C17H13BrN2O2. The molecule has 5 heteroatoms. The van der Waals surface area contributed by atoms with Crippen LogP contribution >= 0.6 is 15.9 Å². The molecule has 1 amide bonds. The van der Waals surface area contributed by atoms with Crippen LogP contribution in [0.1, 0.15) is 0 Å². The lowest BCUT2D eigenvalue weighted by Crippen LogP contribution is -2.20. The summed E-state index contributed by atoms with van der Waals surface area (Å²) < 4.78 is 2.72. The van der Waals surface area contributed by atoms with E-state index in [4.69, 9.17) is 0 Å². The fraction of sp³-hybridized carbons (Fsp3) is 0.0588. The third-order valence-electron chi connectivity index (χ3n) is 3.33. The molecular weight excluding hydrogens is 344 g/mol. The van der Waals surface area contributed by atoms with Gasteiger partial charge in [0.25, 0.3) is 0 Å². The standard InChI is InChI=1S/C17H13BrN2O2/c18-12-5-7-13(8-6-12)19-17(22)11-20-10-9-16(21)14-3-1-2-4-15(14)20/h1-10H,11H2,(H,19,22). The first-order valence-corrected chi connectivity index (χ1v) is 7.56. The van der Waals surface area contributed by atoms with Gasteiger partial charge in [0.05, 0.1) is 5.52 Å². The van der Waals surface area contributed by atoms with E-state index in [1.807, 2.05) is 42.5 Å². The topological polar surface area (TPSA) is 51.1 Å². The molecule has 4 nitrogen and oxygen atoms in total. The van der Waals surface area contributed by atoms with Crippen molar-refractivity contribution in [3.63, 3.8) is 0 Å². The molecule has 2 aromatic carbocycles. The van der Waals surface area contributed by atoms with Gasteiger partial charge in [0, 0.05) is 27.8 Å². The van der Waals surface area contributed by atoms with Gasteiger partial charge in [-0.25, -0.2) is 0 Å². The van der Waals surface area contributed by atoms with E-state index in [1.54, 1.807) is 16.8 Å². The van der Waals surface area contributed by atoms with Crippen LogP contribution in [-0.2, 0) is 11.3 Å². The number of halogens is 1. The maximum atomic E-state index is 12.2. The number of carbonyl (C=O) groups excluding carboxylic acids is 1. The quantitative estimate of drug-likeness (QED) is 0.781. The highest BCUT2D eigenvalue weighted by Crippen LogP contribution is 2.14. The first kappa shape index (κ1) is 14.5. The van der Waals surface area contributed by atoms with Gasteiger partial charge < -0.3 is 9.88 Å². The van der Waals surface area contributed by atoms with E-state index in [1.165, 1.54) is 6.07 Å². The Kier molecular flexibility index (Phi) is 4.06.